The summed E-state index contributed by atoms with van der Waals surface area (Å²) in [5.74, 6) is -0.439. The average Bonchev–Trinajstić information content (AvgIpc) is 3.04. The maximum absolute atomic E-state index is 13.1. The molecule has 1 fully saturated rings. The zero-order chi connectivity index (χ0) is 20.5. The predicted molar refractivity (Wildman–Crippen MR) is 117 cm³/mol. The molecule has 1 saturated heterocycles. The third-order valence-corrected chi connectivity index (χ3v) is 6.53. The molecule has 0 unspecified atom stereocenters. The second-order valence-corrected chi connectivity index (χ2v) is 8.64. The van der Waals surface area contributed by atoms with Crippen molar-refractivity contribution in [2.75, 3.05) is 18.4 Å². The number of ether oxygens (including phenoxy) is 1. The van der Waals surface area contributed by atoms with Gasteiger partial charge in [-0.2, -0.15) is 0 Å². The van der Waals surface area contributed by atoms with Crippen molar-refractivity contribution in [1.29, 1.82) is 0 Å². The van der Waals surface area contributed by atoms with Crippen molar-refractivity contribution in [2.45, 2.75) is 26.1 Å². The Morgan fingerprint density at radius 1 is 1.07 bits per heavy atom. The normalized spacial score (nSPS) is 19.3. The molecule has 0 radical (unpaired) electrons. The SMILES string of the molecule is C[C@@H]1CN(C(=O)c2ccccc2NC(=O)c2sc3ccccc3c2Cl)C[C@@H](C)O1. The lowest BCUT2D eigenvalue weighted by Gasteiger charge is -2.35. The summed E-state index contributed by atoms with van der Waals surface area (Å²) in [5.41, 5.74) is 0.933. The van der Waals surface area contributed by atoms with Crippen molar-refractivity contribution in [3.05, 3.63) is 64.0 Å². The van der Waals surface area contributed by atoms with E-state index in [4.69, 9.17) is 16.3 Å². The molecule has 1 N–H and O–H groups in total. The second-order valence-electron chi connectivity index (χ2n) is 7.21. The maximum atomic E-state index is 13.1. The van der Waals surface area contributed by atoms with Crippen LogP contribution in [0.15, 0.2) is 48.5 Å². The van der Waals surface area contributed by atoms with Crippen LogP contribution in [0.3, 0.4) is 0 Å². The highest BCUT2D eigenvalue weighted by atomic mass is 35.5. The molecule has 2 amide bonds. The van der Waals surface area contributed by atoms with Gasteiger partial charge >= 0.3 is 0 Å². The number of halogens is 1. The molecular weight excluding hydrogens is 408 g/mol. The molecule has 1 aliphatic heterocycles. The molecule has 2 heterocycles. The van der Waals surface area contributed by atoms with Crippen LogP contribution in [0.5, 0.6) is 0 Å². The number of hydrogen-bond acceptors (Lipinski definition) is 4. The molecule has 1 aromatic heterocycles. The van der Waals surface area contributed by atoms with E-state index in [1.165, 1.54) is 11.3 Å². The fraction of sp³-hybridized carbons (Fsp3) is 0.273. The van der Waals surface area contributed by atoms with Crippen LogP contribution in [0.1, 0.15) is 33.9 Å². The maximum Gasteiger partial charge on any atom is 0.267 e. The van der Waals surface area contributed by atoms with E-state index < -0.39 is 0 Å². The Hall–Kier alpha value is -2.41. The standard InChI is InChI=1S/C22H21ClN2O3S/c1-13-11-25(12-14(2)28-13)22(27)15-7-3-5-9-17(15)24-21(26)20-19(23)16-8-4-6-10-18(16)29-20/h3-10,13-14H,11-12H2,1-2H3,(H,24,26)/t13-,14-/m1/s1. The third-order valence-electron chi connectivity index (χ3n) is 4.85. The predicted octanol–water partition coefficient (Wildman–Crippen LogP) is 5.06. The molecule has 0 saturated carbocycles. The highest BCUT2D eigenvalue weighted by Gasteiger charge is 2.28. The van der Waals surface area contributed by atoms with Crippen LogP contribution in [-0.2, 0) is 4.74 Å². The highest BCUT2D eigenvalue weighted by molar-refractivity contribution is 7.21. The van der Waals surface area contributed by atoms with Gasteiger partial charge in [0, 0.05) is 23.2 Å². The Balaban J connectivity index is 1.60. The van der Waals surface area contributed by atoms with Crippen LogP contribution in [0.2, 0.25) is 5.02 Å². The van der Waals surface area contributed by atoms with E-state index in [0.717, 1.165) is 10.1 Å². The fourth-order valence-electron chi connectivity index (χ4n) is 3.63. The fourth-order valence-corrected chi connectivity index (χ4v) is 5.04. The molecule has 7 heteroatoms. The summed E-state index contributed by atoms with van der Waals surface area (Å²) < 4.78 is 6.67. The number of fused-ring (bicyclic) bond motifs is 1. The molecule has 0 bridgehead atoms. The van der Waals surface area contributed by atoms with E-state index in [2.05, 4.69) is 5.32 Å². The summed E-state index contributed by atoms with van der Waals surface area (Å²) in [7, 11) is 0. The number of rotatable bonds is 3. The molecule has 3 aromatic rings. The van der Waals surface area contributed by atoms with Gasteiger partial charge in [-0.1, -0.05) is 41.9 Å². The largest absolute Gasteiger partial charge is 0.372 e. The third kappa shape index (κ3) is 4.01. The zero-order valence-electron chi connectivity index (χ0n) is 16.1. The number of amides is 2. The lowest BCUT2D eigenvalue weighted by atomic mass is 10.1. The Morgan fingerprint density at radius 2 is 1.72 bits per heavy atom. The van der Waals surface area contributed by atoms with E-state index >= 15 is 0 Å². The number of para-hydroxylation sites is 1. The van der Waals surface area contributed by atoms with Gasteiger partial charge in [0.2, 0.25) is 0 Å². The van der Waals surface area contributed by atoms with Crippen LogP contribution < -0.4 is 5.32 Å². The van der Waals surface area contributed by atoms with Gasteiger partial charge in [0.05, 0.1) is 28.5 Å². The van der Waals surface area contributed by atoms with Crippen LogP contribution >= 0.6 is 22.9 Å². The van der Waals surface area contributed by atoms with Crippen molar-refractivity contribution in [3.8, 4) is 0 Å². The van der Waals surface area contributed by atoms with Crippen molar-refractivity contribution >= 4 is 50.5 Å². The minimum absolute atomic E-state index is 0.0261. The summed E-state index contributed by atoms with van der Waals surface area (Å²) in [6.45, 7) is 4.95. The molecule has 1 aliphatic rings. The monoisotopic (exact) mass is 428 g/mol. The molecule has 0 aliphatic carbocycles. The van der Waals surface area contributed by atoms with Gasteiger partial charge in [-0.05, 0) is 32.0 Å². The minimum Gasteiger partial charge on any atom is -0.372 e. The van der Waals surface area contributed by atoms with E-state index in [9.17, 15) is 9.59 Å². The Bertz CT molecular complexity index is 1070. The number of anilines is 1. The summed E-state index contributed by atoms with van der Waals surface area (Å²) in [5, 5.41) is 4.16. The summed E-state index contributed by atoms with van der Waals surface area (Å²) in [4.78, 5) is 28.3. The van der Waals surface area contributed by atoms with Gasteiger partial charge in [-0.25, -0.2) is 0 Å². The van der Waals surface area contributed by atoms with Gasteiger partial charge in [0.15, 0.2) is 0 Å². The van der Waals surface area contributed by atoms with Crippen LogP contribution in [0, 0.1) is 0 Å². The van der Waals surface area contributed by atoms with Crippen LogP contribution in [0.4, 0.5) is 5.69 Å². The number of nitrogens with one attached hydrogen (secondary N) is 1. The quantitative estimate of drug-likeness (QED) is 0.634. The topological polar surface area (TPSA) is 58.6 Å². The van der Waals surface area contributed by atoms with Gasteiger partial charge < -0.3 is 15.0 Å². The number of morpholine rings is 1. The highest BCUT2D eigenvalue weighted by Crippen LogP contribution is 2.35. The van der Waals surface area contributed by atoms with Gasteiger partial charge in [-0.3, -0.25) is 9.59 Å². The Labute approximate surface area is 178 Å². The Kier molecular flexibility index (Phi) is 5.58. The Morgan fingerprint density at radius 3 is 2.45 bits per heavy atom. The number of hydrogen-bond donors (Lipinski definition) is 1. The second kappa shape index (κ2) is 8.14. The van der Waals surface area contributed by atoms with Gasteiger partial charge in [-0.15, -0.1) is 11.3 Å². The number of benzene rings is 2. The first-order chi connectivity index (χ1) is 13.9. The van der Waals surface area contributed by atoms with Crippen molar-refractivity contribution in [3.63, 3.8) is 0 Å². The molecule has 2 aromatic carbocycles. The van der Waals surface area contributed by atoms with Gasteiger partial charge in [0.1, 0.15) is 4.88 Å². The number of carbonyl (C=O) groups excluding carboxylic acids is 2. The van der Waals surface area contributed by atoms with E-state index in [1.807, 2.05) is 38.1 Å². The summed E-state index contributed by atoms with van der Waals surface area (Å²) >= 11 is 7.77. The molecule has 4 rings (SSSR count). The molecule has 0 spiro atoms. The smallest absolute Gasteiger partial charge is 0.267 e. The lowest BCUT2D eigenvalue weighted by Crippen LogP contribution is -2.48. The molecular formula is C22H21ClN2O3S. The van der Waals surface area contributed by atoms with Crippen molar-refractivity contribution in [1.82, 2.24) is 4.90 Å². The molecule has 2 atom stereocenters. The van der Waals surface area contributed by atoms with E-state index in [1.54, 1.807) is 29.2 Å². The number of thiophene rings is 1. The van der Waals surface area contributed by atoms with E-state index in [0.29, 0.717) is 34.2 Å². The first kappa shape index (κ1) is 19.9. The number of nitrogens with zero attached hydrogens (tertiary/aromatic N) is 1. The average molecular weight is 429 g/mol. The lowest BCUT2D eigenvalue weighted by molar-refractivity contribution is -0.0585. The van der Waals surface area contributed by atoms with Crippen LogP contribution in [0.25, 0.3) is 10.1 Å². The molecule has 150 valence electrons. The first-order valence-electron chi connectivity index (χ1n) is 9.46. The van der Waals surface area contributed by atoms with Crippen molar-refractivity contribution < 1.29 is 14.3 Å². The van der Waals surface area contributed by atoms with Gasteiger partial charge in [0.25, 0.3) is 11.8 Å². The van der Waals surface area contributed by atoms with Crippen LogP contribution in [-0.4, -0.2) is 42.0 Å². The van der Waals surface area contributed by atoms with E-state index in [-0.39, 0.29) is 24.0 Å². The first-order valence-corrected chi connectivity index (χ1v) is 10.7. The molecule has 29 heavy (non-hydrogen) atoms. The minimum atomic E-state index is -0.319. The summed E-state index contributed by atoms with van der Waals surface area (Å²) in [6, 6.07) is 14.7. The number of carbonyl (C=O) groups is 2. The summed E-state index contributed by atoms with van der Waals surface area (Å²) in [6.07, 6.45) is -0.0522. The van der Waals surface area contributed by atoms with Crippen molar-refractivity contribution in [2.24, 2.45) is 0 Å². The molecule has 5 nitrogen and oxygen atoms in total. The zero-order valence-corrected chi connectivity index (χ0v) is 17.7.